The molecule has 0 bridgehead atoms. The predicted molar refractivity (Wildman–Crippen MR) is 113 cm³/mol. The largest absolute Gasteiger partial charge is 0.392 e. The highest BCUT2D eigenvalue weighted by Gasteiger charge is 2.31. The molecule has 0 aromatic carbocycles. The maximum absolute atomic E-state index is 12.7. The van der Waals surface area contributed by atoms with Gasteiger partial charge in [-0.3, -0.25) is 9.48 Å². The lowest BCUT2D eigenvalue weighted by atomic mass is 9.88. The molecule has 156 valence electrons. The Morgan fingerprint density at radius 1 is 1.20 bits per heavy atom. The Morgan fingerprint density at radius 3 is 2.67 bits per heavy atom. The Hall–Kier alpha value is -3.33. The van der Waals surface area contributed by atoms with Crippen molar-refractivity contribution in [2.24, 2.45) is 18.9 Å². The molecular weight excluding hydrogens is 382 g/mol. The summed E-state index contributed by atoms with van der Waals surface area (Å²) in [6.07, 6.45) is 4.67. The first kappa shape index (κ1) is 20.0. The molecule has 0 radical (unpaired) electrons. The molecule has 1 aliphatic heterocycles. The molecule has 0 saturated carbocycles. The van der Waals surface area contributed by atoms with Crippen molar-refractivity contribution >= 4 is 17.5 Å². The van der Waals surface area contributed by atoms with E-state index >= 15 is 0 Å². The summed E-state index contributed by atoms with van der Waals surface area (Å²) in [6, 6.07) is 7.04. The number of aromatic nitrogens is 5. The molecule has 0 spiro atoms. The summed E-state index contributed by atoms with van der Waals surface area (Å²) >= 11 is 0. The summed E-state index contributed by atoms with van der Waals surface area (Å²) in [4.78, 5) is 27.8. The number of aliphatic hydroxyl groups is 1. The number of hydrogen-bond acceptors (Lipinski definition) is 7. The summed E-state index contributed by atoms with van der Waals surface area (Å²) in [5.41, 5.74) is 1.81. The van der Waals surface area contributed by atoms with Gasteiger partial charge in [-0.25, -0.2) is 15.0 Å². The minimum Gasteiger partial charge on any atom is -0.392 e. The number of anilines is 2. The zero-order chi connectivity index (χ0) is 21.3. The molecule has 4 heterocycles. The van der Waals surface area contributed by atoms with Crippen LogP contribution in [0.5, 0.6) is 0 Å². The van der Waals surface area contributed by atoms with E-state index in [4.69, 9.17) is 0 Å². The van der Waals surface area contributed by atoms with E-state index in [2.05, 4.69) is 30.3 Å². The van der Waals surface area contributed by atoms with Crippen molar-refractivity contribution < 1.29 is 9.90 Å². The fraction of sp³-hybridized carbons (Fsp3) is 0.381. The van der Waals surface area contributed by atoms with Gasteiger partial charge in [0.1, 0.15) is 23.7 Å². The van der Waals surface area contributed by atoms with E-state index < -0.39 is 0 Å². The first-order valence-electron chi connectivity index (χ1n) is 9.93. The summed E-state index contributed by atoms with van der Waals surface area (Å²) in [5, 5.41) is 17.1. The lowest BCUT2D eigenvalue weighted by Gasteiger charge is -2.39. The van der Waals surface area contributed by atoms with Crippen LogP contribution in [-0.4, -0.2) is 54.9 Å². The van der Waals surface area contributed by atoms with E-state index in [1.807, 2.05) is 33.2 Å². The molecule has 30 heavy (non-hydrogen) atoms. The molecule has 4 rings (SSSR count). The maximum Gasteiger partial charge on any atom is 0.275 e. The second-order valence-electron chi connectivity index (χ2n) is 7.88. The lowest BCUT2D eigenvalue weighted by molar-refractivity contribution is 0.0527. The van der Waals surface area contributed by atoms with Gasteiger partial charge in [-0.1, -0.05) is 19.9 Å². The van der Waals surface area contributed by atoms with Crippen molar-refractivity contribution in [3.63, 3.8) is 0 Å². The number of pyridine rings is 1. The quantitative estimate of drug-likeness (QED) is 0.681. The Balaban J connectivity index is 1.50. The van der Waals surface area contributed by atoms with Gasteiger partial charge in [0.2, 0.25) is 0 Å². The van der Waals surface area contributed by atoms with Crippen LogP contribution in [0.15, 0.2) is 43.0 Å². The molecule has 1 amide bonds. The third-order valence-corrected chi connectivity index (χ3v) is 5.38. The summed E-state index contributed by atoms with van der Waals surface area (Å²) in [5.74, 6) is 1.07. The van der Waals surface area contributed by atoms with Crippen LogP contribution in [0.1, 0.15) is 24.3 Å². The molecule has 9 nitrogen and oxygen atoms in total. The average Bonchev–Trinajstić information content (AvgIpc) is 3.18. The maximum atomic E-state index is 12.7. The number of aliphatic hydroxyl groups excluding tert-OH is 1. The van der Waals surface area contributed by atoms with E-state index in [0.29, 0.717) is 30.3 Å². The fourth-order valence-corrected chi connectivity index (χ4v) is 3.78. The number of nitrogens with zero attached hydrogens (tertiary/aromatic N) is 6. The molecule has 2 N–H and O–H groups in total. The van der Waals surface area contributed by atoms with E-state index in [9.17, 15) is 9.90 Å². The van der Waals surface area contributed by atoms with Gasteiger partial charge in [0.05, 0.1) is 18.0 Å². The summed E-state index contributed by atoms with van der Waals surface area (Å²) in [7, 11) is 1.83. The van der Waals surface area contributed by atoms with Gasteiger partial charge in [-0.15, -0.1) is 0 Å². The van der Waals surface area contributed by atoms with E-state index in [-0.39, 0.29) is 23.8 Å². The van der Waals surface area contributed by atoms with Gasteiger partial charge in [-0.2, -0.15) is 5.10 Å². The van der Waals surface area contributed by atoms with Crippen LogP contribution in [0.2, 0.25) is 0 Å². The number of carbonyl (C=O) groups excluding carboxylic acids is 1. The molecule has 1 fully saturated rings. The van der Waals surface area contributed by atoms with E-state index in [1.54, 1.807) is 29.1 Å². The van der Waals surface area contributed by atoms with Crippen molar-refractivity contribution in [1.29, 1.82) is 0 Å². The molecule has 1 saturated heterocycles. The molecule has 3 aromatic rings. The number of aryl methyl sites for hydroxylation is 1. The number of rotatable bonds is 4. The third-order valence-electron chi connectivity index (χ3n) is 5.38. The normalized spacial score (nSPS) is 21.5. The Labute approximate surface area is 174 Å². The minimum absolute atomic E-state index is 0.140. The average molecular weight is 407 g/mol. The van der Waals surface area contributed by atoms with Crippen LogP contribution in [0.4, 0.5) is 11.6 Å². The van der Waals surface area contributed by atoms with Gasteiger partial charge >= 0.3 is 0 Å². The second kappa shape index (κ2) is 8.19. The molecular formula is C21H25N7O2. The van der Waals surface area contributed by atoms with Crippen molar-refractivity contribution in [3.8, 4) is 11.3 Å². The Morgan fingerprint density at radius 2 is 1.97 bits per heavy atom. The summed E-state index contributed by atoms with van der Waals surface area (Å²) in [6.45, 7) is 5.45. The monoisotopic (exact) mass is 407 g/mol. The fourth-order valence-electron chi connectivity index (χ4n) is 3.78. The van der Waals surface area contributed by atoms with Crippen molar-refractivity contribution in [2.45, 2.75) is 20.0 Å². The zero-order valence-corrected chi connectivity index (χ0v) is 17.2. The molecule has 1 aliphatic rings. The van der Waals surface area contributed by atoms with Crippen LogP contribution in [0, 0.1) is 11.8 Å². The number of hydrogen-bond donors (Lipinski definition) is 2. The first-order valence-corrected chi connectivity index (χ1v) is 9.93. The van der Waals surface area contributed by atoms with Gasteiger partial charge in [0, 0.05) is 38.0 Å². The van der Waals surface area contributed by atoms with Crippen LogP contribution in [0.3, 0.4) is 0 Å². The number of carbonyl (C=O) groups is 1. The Kier molecular flexibility index (Phi) is 5.45. The number of piperidine rings is 1. The van der Waals surface area contributed by atoms with Crippen LogP contribution >= 0.6 is 0 Å². The molecule has 9 heteroatoms. The second-order valence-corrected chi connectivity index (χ2v) is 7.88. The number of amides is 1. The molecule has 0 aliphatic carbocycles. The topological polar surface area (TPSA) is 109 Å². The third kappa shape index (κ3) is 4.16. The molecule has 1 unspecified atom stereocenters. The van der Waals surface area contributed by atoms with Crippen LogP contribution in [0.25, 0.3) is 11.3 Å². The van der Waals surface area contributed by atoms with Gasteiger partial charge in [-0.05, 0) is 24.0 Å². The van der Waals surface area contributed by atoms with Gasteiger partial charge in [0.25, 0.3) is 5.91 Å². The highest BCUT2D eigenvalue weighted by Crippen LogP contribution is 2.26. The zero-order valence-electron chi connectivity index (χ0n) is 17.2. The van der Waals surface area contributed by atoms with Crippen molar-refractivity contribution in [1.82, 2.24) is 24.7 Å². The highest BCUT2D eigenvalue weighted by molar-refractivity contribution is 6.02. The highest BCUT2D eigenvalue weighted by atomic mass is 16.3. The van der Waals surface area contributed by atoms with Crippen molar-refractivity contribution in [3.05, 3.63) is 48.7 Å². The van der Waals surface area contributed by atoms with Gasteiger partial charge < -0.3 is 15.3 Å². The lowest BCUT2D eigenvalue weighted by Crippen LogP contribution is -2.47. The van der Waals surface area contributed by atoms with Gasteiger partial charge in [0.15, 0.2) is 0 Å². The Bertz CT molecular complexity index is 1040. The van der Waals surface area contributed by atoms with E-state index in [1.165, 1.54) is 6.33 Å². The smallest absolute Gasteiger partial charge is 0.275 e. The van der Waals surface area contributed by atoms with Crippen LogP contribution in [-0.2, 0) is 7.05 Å². The van der Waals surface area contributed by atoms with E-state index in [0.717, 1.165) is 11.4 Å². The minimum atomic E-state index is -0.346. The molecule has 3 atom stereocenters. The van der Waals surface area contributed by atoms with Crippen molar-refractivity contribution in [2.75, 3.05) is 23.3 Å². The van der Waals surface area contributed by atoms with Crippen LogP contribution < -0.4 is 10.2 Å². The predicted octanol–water partition coefficient (Wildman–Crippen LogP) is 1.98. The standard InChI is InChI=1S/C21H25N7O2/c1-13-9-28(10-14(2)20(13)29)19-7-18(22-12-23-19)26-21(30)17-6-4-5-16(25-17)15-8-24-27(3)11-15/h4-8,11-14,20,29H,9-10H2,1-3H3,(H,22,23,26,30)/t13-,14+,20?. The number of nitrogens with one attached hydrogen (secondary N) is 1. The SMILES string of the molecule is C[C@@H]1CN(c2cc(NC(=O)c3cccc(-c4cnn(C)c4)n3)ncn2)C[C@H](C)C1O. The summed E-state index contributed by atoms with van der Waals surface area (Å²) < 4.78 is 1.69. The molecule has 3 aromatic heterocycles. The first-order chi connectivity index (χ1) is 14.4.